The standard InChI is InChI=1S/C23H28ClNO4/c1-5-6-10-28-21-13-17(2)23(18(3)14-21)29-12-7-11-27-20-9-8-19(16-25-26-4)22(24)15-20/h5-6,8-9,13-16H,7,10-12H2,1-4H3/b6-5+,25-16+. The first kappa shape index (κ1) is 22.6. The number of hydrogen-bond donors (Lipinski definition) is 0. The summed E-state index contributed by atoms with van der Waals surface area (Å²) in [6.07, 6.45) is 6.25. The van der Waals surface area contributed by atoms with Crippen molar-refractivity contribution in [2.45, 2.75) is 27.2 Å². The van der Waals surface area contributed by atoms with Gasteiger partial charge in [0.25, 0.3) is 0 Å². The van der Waals surface area contributed by atoms with Crippen LogP contribution in [-0.4, -0.2) is 33.1 Å². The Hall–Kier alpha value is -2.66. The number of nitrogens with zero attached hydrogens (tertiary/aromatic N) is 1. The van der Waals surface area contributed by atoms with E-state index in [4.69, 9.17) is 25.8 Å². The van der Waals surface area contributed by atoms with Crippen LogP contribution in [-0.2, 0) is 4.84 Å². The van der Waals surface area contributed by atoms with Gasteiger partial charge in [0.2, 0.25) is 0 Å². The molecule has 0 heterocycles. The topological polar surface area (TPSA) is 49.3 Å². The van der Waals surface area contributed by atoms with Crippen LogP contribution in [0.5, 0.6) is 17.2 Å². The SMILES string of the molecule is C/C=C/COc1cc(C)c(OCCCOc2ccc(/C=N/OC)c(Cl)c2)c(C)c1. The van der Waals surface area contributed by atoms with Crippen molar-refractivity contribution >= 4 is 17.8 Å². The van der Waals surface area contributed by atoms with Gasteiger partial charge in [-0.25, -0.2) is 0 Å². The predicted molar refractivity (Wildman–Crippen MR) is 118 cm³/mol. The van der Waals surface area contributed by atoms with E-state index in [0.29, 0.717) is 30.6 Å². The summed E-state index contributed by atoms with van der Waals surface area (Å²) in [6.45, 7) is 7.69. The zero-order chi connectivity index (χ0) is 21.1. The molecule has 0 amide bonds. The summed E-state index contributed by atoms with van der Waals surface area (Å²) in [5.74, 6) is 2.46. The van der Waals surface area contributed by atoms with Crippen molar-refractivity contribution in [1.29, 1.82) is 0 Å². The minimum atomic E-state index is 0.532. The molecule has 5 nitrogen and oxygen atoms in total. The van der Waals surface area contributed by atoms with Crippen LogP contribution in [0.2, 0.25) is 5.02 Å². The van der Waals surface area contributed by atoms with Crippen LogP contribution in [0.15, 0.2) is 47.6 Å². The summed E-state index contributed by atoms with van der Waals surface area (Å²) in [4.78, 5) is 4.66. The molecule has 0 aliphatic heterocycles. The smallest absolute Gasteiger partial charge is 0.125 e. The van der Waals surface area contributed by atoms with Crippen molar-refractivity contribution in [3.05, 3.63) is 64.2 Å². The number of halogens is 1. The fourth-order valence-corrected chi connectivity index (χ4v) is 2.92. The molecule has 0 atom stereocenters. The number of benzene rings is 2. The van der Waals surface area contributed by atoms with E-state index >= 15 is 0 Å². The molecule has 29 heavy (non-hydrogen) atoms. The Labute approximate surface area is 177 Å². The number of hydrogen-bond acceptors (Lipinski definition) is 5. The molecule has 0 fully saturated rings. The predicted octanol–water partition coefficient (Wildman–Crippen LogP) is 5.74. The second kappa shape index (κ2) is 12.0. The van der Waals surface area contributed by atoms with Gasteiger partial charge in [0.05, 0.1) is 24.5 Å². The Morgan fingerprint density at radius 1 is 0.966 bits per heavy atom. The monoisotopic (exact) mass is 417 g/mol. The highest BCUT2D eigenvalue weighted by Gasteiger charge is 2.07. The van der Waals surface area contributed by atoms with Gasteiger partial charge in [-0.15, -0.1) is 0 Å². The number of allylic oxidation sites excluding steroid dienone is 1. The molecule has 2 aromatic carbocycles. The van der Waals surface area contributed by atoms with Gasteiger partial charge in [-0.3, -0.25) is 0 Å². The lowest BCUT2D eigenvalue weighted by Crippen LogP contribution is -2.07. The lowest BCUT2D eigenvalue weighted by Gasteiger charge is -2.14. The summed E-state index contributed by atoms with van der Waals surface area (Å²) in [7, 11) is 1.49. The third kappa shape index (κ3) is 7.35. The van der Waals surface area contributed by atoms with Crippen molar-refractivity contribution in [2.75, 3.05) is 26.9 Å². The summed E-state index contributed by atoms with van der Waals surface area (Å²) in [6, 6.07) is 9.45. The Morgan fingerprint density at radius 3 is 2.34 bits per heavy atom. The molecule has 0 bridgehead atoms. The maximum absolute atomic E-state index is 6.21. The van der Waals surface area contributed by atoms with Crippen LogP contribution < -0.4 is 14.2 Å². The van der Waals surface area contributed by atoms with E-state index in [9.17, 15) is 0 Å². The third-order valence-corrected chi connectivity index (χ3v) is 4.42. The van der Waals surface area contributed by atoms with E-state index in [1.54, 1.807) is 12.3 Å². The Balaban J connectivity index is 1.80. The lowest BCUT2D eigenvalue weighted by molar-refractivity contribution is 0.215. The van der Waals surface area contributed by atoms with Gasteiger partial charge in [-0.05, 0) is 62.2 Å². The first-order valence-corrected chi connectivity index (χ1v) is 9.89. The molecule has 0 saturated carbocycles. The summed E-state index contributed by atoms with van der Waals surface area (Å²) in [5, 5.41) is 4.27. The summed E-state index contributed by atoms with van der Waals surface area (Å²) >= 11 is 6.21. The third-order valence-electron chi connectivity index (χ3n) is 4.09. The highest BCUT2D eigenvalue weighted by atomic mass is 35.5. The van der Waals surface area contributed by atoms with E-state index in [1.807, 2.05) is 57.2 Å². The molecule has 0 aliphatic rings. The van der Waals surface area contributed by atoms with Crippen molar-refractivity contribution in [1.82, 2.24) is 0 Å². The number of rotatable bonds is 11. The summed E-state index contributed by atoms with van der Waals surface area (Å²) < 4.78 is 17.4. The average Bonchev–Trinajstić information content (AvgIpc) is 2.69. The molecule has 6 heteroatoms. The summed E-state index contributed by atoms with van der Waals surface area (Å²) in [5.41, 5.74) is 2.89. The molecule has 0 unspecified atom stereocenters. The van der Waals surface area contributed by atoms with E-state index in [-0.39, 0.29) is 0 Å². The number of ether oxygens (including phenoxy) is 3. The molecule has 0 saturated heterocycles. The number of aryl methyl sites for hydroxylation is 2. The van der Waals surface area contributed by atoms with Crippen LogP contribution >= 0.6 is 11.6 Å². The van der Waals surface area contributed by atoms with E-state index in [2.05, 4.69) is 9.99 Å². The normalized spacial score (nSPS) is 11.2. The first-order chi connectivity index (χ1) is 14.0. The van der Waals surface area contributed by atoms with Crippen LogP contribution in [0.3, 0.4) is 0 Å². The zero-order valence-corrected chi connectivity index (χ0v) is 18.2. The van der Waals surface area contributed by atoms with Crippen LogP contribution in [0.25, 0.3) is 0 Å². The quantitative estimate of drug-likeness (QED) is 0.202. The second-order valence-electron chi connectivity index (χ2n) is 6.42. The van der Waals surface area contributed by atoms with Crippen LogP contribution in [0.1, 0.15) is 30.0 Å². The lowest BCUT2D eigenvalue weighted by atomic mass is 10.1. The van der Waals surface area contributed by atoms with Crippen LogP contribution in [0.4, 0.5) is 0 Å². The molecule has 0 aromatic heterocycles. The first-order valence-electron chi connectivity index (χ1n) is 9.52. The van der Waals surface area contributed by atoms with Gasteiger partial charge in [0.15, 0.2) is 0 Å². The van der Waals surface area contributed by atoms with Gasteiger partial charge in [0.1, 0.15) is 31.0 Å². The minimum absolute atomic E-state index is 0.532. The Morgan fingerprint density at radius 2 is 1.69 bits per heavy atom. The molecule has 0 radical (unpaired) electrons. The molecule has 0 aliphatic carbocycles. The maximum Gasteiger partial charge on any atom is 0.125 e. The highest BCUT2D eigenvalue weighted by Crippen LogP contribution is 2.28. The maximum atomic E-state index is 6.21. The largest absolute Gasteiger partial charge is 0.493 e. The van der Waals surface area contributed by atoms with Crippen molar-refractivity contribution < 1.29 is 19.0 Å². The average molecular weight is 418 g/mol. The zero-order valence-electron chi connectivity index (χ0n) is 17.4. The molecular weight excluding hydrogens is 390 g/mol. The molecule has 0 N–H and O–H groups in total. The van der Waals surface area contributed by atoms with E-state index < -0.39 is 0 Å². The van der Waals surface area contributed by atoms with E-state index in [1.165, 1.54) is 7.11 Å². The minimum Gasteiger partial charge on any atom is -0.493 e. The molecule has 156 valence electrons. The van der Waals surface area contributed by atoms with Gasteiger partial charge in [-0.2, -0.15) is 0 Å². The fraction of sp³-hybridized carbons (Fsp3) is 0.348. The van der Waals surface area contributed by atoms with Gasteiger partial charge < -0.3 is 19.0 Å². The van der Waals surface area contributed by atoms with Crippen molar-refractivity contribution in [3.63, 3.8) is 0 Å². The fourth-order valence-electron chi connectivity index (χ4n) is 2.70. The van der Waals surface area contributed by atoms with Crippen molar-refractivity contribution in [3.8, 4) is 17.2 Å². The second-order valence-corrected chi connectivity index (χ2v) is 6.82. The van der Waals surface area contributed by atoms with Crippen molar-refractivity contribution in [2.24, 2.45) is 5.16 Å². The molecular formula is C23H28ClNO4. The van der Waals surface area contributed by atoms with Gasteiger partial charge in [0, 0.05) is 12.0 Å². The van der Waals surface area contributed by atoms with E-state index in [0.717, 1.165) is 34.6 Å². The van der Waals surface area contributed by atoms with Gasteiger partial charge in [-0.1, -0.05) is 28.9 Å². The Kier molecular flexibility index (Phi) is 9.38. The molecule has 0 spiro atoms. The van der Waals surface area contributed by atoms with Gasteiger partial charge >= 0.3 is 0 Å². The number of oxime groups is 1. The molecule has 2 aromatic rings. The Bertz CT molecular complexity index is 826. The highest BCUT2D eigenvalue weighted by molar-refractivity contribution is 6.33. The molecule has 2 rings (SSSR count). The van der Waals surface area contributed by atoms with Crippen LogP contribution in [0, 0.1) is 13.8 Å².